The summed E-state index contributed by atoms with van der Waals surface area (Å²) in [4.78, 5) is 24.1. The molecule has 0 spiro atoms. The van der Waals surface area contributed by atoms with E-state index in [1.165, 1.54) is 17.0 Å². The van der Waals surface area contributed by atoms with Crippen LogP contribution in [-0.4, -0.2) is 22.8 Å². The Kier molecular flexibility index (Phi) is 3.66. The van der Waals surface area contributed by atoms with Gasteiger partial charge >= 0.3 is 5.00 Å². The number of thiophene rings is 1. The second-order valence-corrected chi connectivity index (χ2v) is 5.06. The van der Waals surface area contributed by atoms with Gasteiger partial charge in [-0.15, -0.1) is 0 Å². The SMILES string of the molecule is CC(c1ccco1)N(C)C(=O)c1ccc([N+](=O)[O-])s1. The van der Waals surface area contributed by atoms with Gasteiger partial charge in [0.25, 0.3) is 5.91 Å². The van der Waals surface area contributed by atoms with Crippen molar-refractivity contribution in [3.8, 4) is 0 Å². The van der Waals surface area contributed by atoms with Crippen molar-refractivity contribution >= 4 is 22.2 Å². The highest BCUT2D eigenvalue weighted by atomic mass is 32.1. The first kappa shape index (κ1) is 13.3. The number of amides is 1. The van der Waals surface area contributed by atoms with Gasteiger partial charge in [-0.25, -0.2) is 0 Å². The number of furan rings is 1. The predicted molar refractivity (Wildman–Crippen MR) is 70.2 cm³/mol. The predicted octanol–water partition coefficient (Wildman–Crippen LogP) is 3.08. The average Bonchev–Trinajstić information content (AvgIpc) is 3.06. The van der Waals surface area contributed by atoms with E-state index in [0.29, 0.717) is 10.6 Å². The van der Waals surface area contributed by atoms with Crippen LogP contribution < -0.4 is 0 Å². The van der Waals surface area contributed by atoms with Gasteiger partial charge in [0.15, 0.2) is 0 Å². The Hall–Kier alpha value is -2.15. The highest BCUT2D eigenvalue weighted by Crippen LogP contribution is 2.27. The smallest absolute Gasteiger partial charge is 0.324 e. The van der Waals surface area contributed by atoms with E-state index in [2.05, 4.69) is 0 Å². The molecule has 2 rings (SSSR count). The molecule has 2 aromatic rings. The minimum absolute atomic E-state index is 0.0394. The van der Waals surface area contributed by atoms with Gasteiger partial charge in [-0.1, -0.05) is 11.3 Å². The molecule has 7 heteroatoms. The Bertz CT molecular complexity index is 591. The minimum atomic E-state index is -0.503. The van der Waals surface area contributed by atoms with Crippen LogP contribution in [-0.2, 0) is 0 Å². The number of carbonyl (C=O) groups is 1. The molecule has 0 aliphatic carbocycles. The quantitative estimate of drug-likeness (QED) is 0.637. The molecule has 0 N–H and O–H groups in total. The molecule has 6 nitrogen and oxygen atoms in total. The van der Waals surface area contributed by atoms with Crippen LogP contribution in [0.25, 0.3) is 0 Å². The number of rotatable bonds is 4. The van der Waals surface area contributed by atoms with Gasteiger partial charge in [-0.05, 0) is 25.1 Å². The van der Waals surface area contributed by atoms with Crippen LogP contribution in [0, 0.1) is 10.1 Å². The zero-order valence-electron chi connectivity index (χ0n) is 10.4. The molecule has 0 saturated carbocycles. The van der Waals surface area contributed by atoms with Crippen LogP contribution in [0.3, 0.4) is 0 Å². The fourth-order valence-corrected chi connectivity index (χ4v) is 2.41. The molecule has 0 radical (unpaired) electrons. The summed E-state index contributed by atoms with van der Waals surface area (Å²) in [5.41, 5.74) is 0. The van der Waals surface area contributed by atoms with Crippen molar-refractivity contribution in [3.05, 3.63) is 51.3 Å². The second kappa shape index (κ2) is 5.23. The van der Waals surface area contributed by atoms with Crippen LogP contribution in [0.15, 0.2) is 34.9 Å². The number of hydrogen-bond acceptors (Lipinski definition) is 5. The van der Waals surface area contributed by atoms with E-state index in [1.807, 2.05) is 6.92 Å². The van der Waals surface area contributed by atoms with Gasteiger partial charge in [-0.3, -0.25) is 14.9 Å². The first-order chi connectivity index (χ1) is 9.00. The van der Waals surface area contributed by atoms with Crippen molar-refractivity contribution < 1.29 is 14.1 Å². The lowest BCUT2D eigenvalue weighted by atomic mass is 10.2. The third-order valence-electron chi connectivity index (χ3n) is 2.84. The maximum absolute atomic E-state index is 12.2. The van der Waals surface area contributed by atoms with E-state index < -0.39 is 4.92 Å². The zero-order chi connectivity index (χ0) is 14.0. The molecule has 19 heavy (non-hydrogen) atoms. The summed E-state index contributed by atoms with van der Waals surface area (Å²) in [6.07, 6.45) is 1.54. The first-order valence-electron chi connectivity index (χ1n) is 5.55. The zero-order valence-corrected chi connectivity index (χ0v) is 11.2. The third kappa shape index (κ3) is 2.65. The summed E-state index contributed by atoms with van der Waals surface area (Å²) < 4.78 is 5.25. The van der Waals surface area contributed by atoms with E-state index >= 15 is 0 Å². The molecule has 0 bridgehead atoms. The minimum Gasteiger partial charge on any atom is -0.467 e. The number of hydrogen-bond donors (Lipinski definition) is 0. The van der Waals surface area contributed by atoms with E-state index in [-0.39, 0.29) is 17.0 Å². The fraction of sp³-hybridized carbons (Fsp3) is 0.250. The molecular formula is C12H12N2O4S. The lowest BCUT2D eigenvalue weighted by Crippen LogP contribution is -2.28. The van der Waals surface area contributed by atoms with Crippen LogP contribution in [0.5, 0.6) is 0 Å². The van der Waals surface area contributed by atoms with Crippen molar-refractivity contribution in [1.29, 1.82) is 0 Å². The maximum atomic E-state index is 12.2. The van der Waals surface area contributed by atoms with Crippen LogP contribution >= 0.6 is 11.3 Å². The average molecular weight is 280 g/mol. The molecule has 1 amide bonds. The summed E-state index contributed by atoms with van der Waals surface area (Å²) in [5, 5.41) is 10.6. The Labute approximate surface area is 113 Å². The van der Waals surface area contributed by atoms with E-state index in [0.717, 1.165) is 11.3 Å². The molecule has 0 aromatic carbocycles. The number of nitrogens with zero attached hydrogens (tertiary/aromatic N) is 2. The van der Waals surface area contributed by atoms with Gasteiger partial charge in [-0.2, -0.15) is 0 Å². The summed E-state index contributed by atoms with van der Waals surface area (Å²) in [6, 6.07) is 6.11. The van der Waals surface area contributed by atoms with E-state index in [1.54, 1.807) is 25.4 Å². The van der Waals surface area contributed by atoms with Crippen LogP contribution in [0.4, 0.5) is 5.00 Å². The largest absolute Gasteiger partial charge is 0.467 e. The molecule has 2 aromatic heterocycles. The van der Waals surface area contributed by atoms with Crippen molar-refractivity contribution in [3.63, 3.8) is 0 Å². The molecule has 100 valence electrons. The molecule has 0 saturated heterocycles. The molecule has 1 unspecified atom stereocenters. The molecule has 0 aliphatic rings. The summed E-state index contributed by atoms with van der Waals surface area (Å²) in [5.74, 6) is 0.406. The normalized spacial score (nSPS) is 12.1. The standard InChI is InChI=1S/C12H12N2O4S/c1-8(9-4-3-7-18-9)13(2)12(15)10-5-6-11(19-10)14(16)17/h3-8H,1-2H3. The Morgan fingerprint density at radius 2 is 2.21 bits per heavy atom. The Balaban J connectivity index is 2.16. The van der Waals surface area contributed by atoms with E-state index in [9.17, 15) is 14.9 Å². The highest BCUT2D eigenvalue weighted by Gasteiger charge is 2.23. The number of nitro groups is 1. The van der Waals surface area contributed by atoms with Crippen molar-refractivity contribution in [2.45, 2.75) is 13.0 Å². The lowest BCUT2D eigenvalue weighted by molar-refractivity contribution is -0.380. The molecular weight excluding hydrogens is 268 g/mol. The topological polar surface area (TPSA) is 76.6 Å². The summed E-state index contributed by atoms with van der Waals surface area (Å²) in [6.45, 7) is 1.83. The molecule has 0 fully saturated rings. The van der Waals surface area contributed by atoms with Gasteiger partial charge in [0.2, 0.25) is 0 Å². The van der Waals surface area contributed by atoms with Gasteiger partial charge < -0.3 is 9.32 Å². The summed E-state index contributed by atoms with van der Waals surface area (Å²) >= 11 is 0.871. The first-order valence-corrected chi connectivity index (χ1v) is 6.37. The Morgan fingerprint density at radius 3 is 2.74 bits per heavy atom. The van der Waals surface area contributed by atoms with Crippen molar-refractivity contribution in [2.75, 3.05) is 7.05 Å². The summed E-state index contributed by atoms with van der Waals surface area (Å²) in [7, 11) is 1.64. The molecule has 1 atom stereocenters. The maximum Gasteiger partial charge on any atom is 0.324 e. The lowest BCUT2D eigenvalue weighted by Gasteiger charge is -2.22. The van der Waals surface area contributed by atoms with Crippen LogP contribution in [0.2, 0.25) is 0 Å². The van der Waals surface area contributed by atoms with Crippen molar-refractivity contribution in [1.82, 2.24) is 4.90 Å². The monoisotopic (exact) mass is 280 g/mol. The highest BCUT2D eigenvalue weighted by molar-refractivity contribution is 7.17. The van der Waals surface area contributed by atoms with Crippen LogP contribution in [0.1, 0.15) is 28.4 Å². The van der Waals surface area contributed by atoms with E-state index in [4.69, 9.17) is 4.42 Å². The number of carbonyl (C=O) groups excluding carboxylic acids is 1. The van der Waals surface area contributed by atoms with Gasteiger partial charge in [0.05, 0.1) is 22.1 Å². The van der Waals surface area contributed by atoms with Gasteiger partial charge in [0.1, 0.15) is 5.76 Å². The molecule has 0 aliphatic heterocycles. The van der Waals surface area contributed by atoms with Crippen molar-refractivity contribution in [2.24, 2.45) is 0 Å². The fourth-order valence-electron chi connectivity index (χ4n) is 1.61. The Morgan fingerprint density at radius 1 is 1.47 bits per heavy atom. The third-order valence-corrected chi connectivity index (χ3v) is 3.86. The van der Waals surface area contributed by atoms with Gasteiger partial charge in [0, 0.05) is 13.1 Å². The second-order valence-electron chi connectivity index (χ2n) is 4.00. The molecule has 2 heterocycles.